The normalized spacial score (nSPS) is 10.9. The van der Waals surface area contributed by atoms with Gasteiger partial charge in [-0.25, -0.2) is 4.98 Å². The van der Waals surface area contributed by atoms with Crippen molar-refractivity contribution < 1.29 is 9.47 Å². The van der Waals surface area contributed by atoms with Crippen LogP contribution in [0.3, 0.4) is 0 Å². The van der Waals surface area contributed by atoms with Crippen molar-refractivity contribution >= 4 is 11.7 Å². The summed E-state index contributed by atoms with van der Waals surface area (Å²) in [5.41, 5.74) is 3.23. The Morgan fingerprint density at radius 3 is 2.50 bits per heavy atom. The van der Waals surface area contributed by atoms with Crippen LogP contribution >= 0.6 is 0 Å². The number of aryl methyl sites for hydroxylation is 1. The van der Waals surface area contributed by atoms with E-state index in [1.165, 1.54) is 4.52 Å². The van der Waals surface area contributed by atoms with Gasteiger partial charge in [-0.3, -0.25) is 9.89 Å². The minimum Gasteiger partial charge on any atom is -0.493 e. The van der Waals surface area contributed by atoms with E-state index in [1.807, 2.05) is 55.5 Å². The first-order chi connectivity index (χ1) is 14.6. The maximum Gasteiger partial charge on any atom is 0.277 e. The lowest BCUT2D eigenvalue weighted by Gasteiger charge is -2.09. The Bertz CT molecular complexity index is 1230. The summed E-state index contributed by atoms with van der Waals surface area (Å²) >= 11 is 0. The average Bonchev–Trinajstić information content (AvgIpc) is 3.18. The number of nitrogens with zero attached hydrogens (tertiary/aromatic N) is 3. The smallest absolute Gasteiger partial charge is 0.277 e. The van der Waals surface area contributed by atoms with E-state index in [0.29, 0.717) is 47.4 Å². The van der Waals surface area contributed by atoms with Gasteiger partial charge in [0.25, 0.3) is 11.3 Å². The van der Waals surface area contributed by atoms with E-state index in [2.05, 4.69) is 20.4 Å². The van der Waals surface area contributed by atoms with Gasteiger partial charge >= 0.3 is 0 Å². The highest BCUT2D eigenvalue weighted by molar-refractivity contribution is 5.45. The molecule has 30 heavy (non-hydrogen) atoms. The van der Waals surface area contributed by atoms with Crippen LogP contribution < -0.4 is 20.3 Å². The number of nitrogens with one attached hydrogen (secondary N) is 2. The minimum atomic E-state index is -0.145. The Hall–Kier alpha value is -3.81. The van der Waals surface area contributed by atoms with Gasteiger partial charge < -0.3 is 14.8 Å². The zero-order valence-electron chi connectivity index (χ0n) is 17.1. The van der Waals surface area contributed by atoms with Crippen molar-refractivity contribution in [1.82, 2.24) is 19.6 Å². The van der Waals surface area contributed by atoms with Crippen molar-refractivity contribution in [3.05, 3.63) is 81.3 Å². The number of aromatic nitrogens is 4. The number of fused-ring (bicyclic) bond motifs is 1. The molecule has 0 unspecified atom stereocenters. The Morgan fingerprint density at radius 1 is 1.00 bits per heavy atom. The maximum atomic E-state index is 13.0. The number of H-pyrrole nitrogens is 1. The molecule has 2 heterocycles. The van der Waals surface area contributed by atoms with Gasteiger partial charge in [0.2, 0.25) is 5.95 Å². The number of hydrogen-bond acceptors (Lipinski definition) is 6. The quantitative estimate of drug-likeness (QED) is 0.491. The summed E-state index contributed by atoms with van der Waals surface area (Å²) in [5.74, 6) is 2.12. The Balaban J connectivity index is 1.58. The van der Waals surface area contributed by atoms with Crippen molar-refractivity contribution in [3.8, 4) is 11.5 Å². The summed E-state index contributed by atoms with van der Waals surface area (Å²) < 4.78 is 12.0. The second-order valence-electron chi connectivity index (χ2n) is 6.89. The molecule has 0 atom stereocenters. The molecule has 0 spiro atoms. The summed E-state index contributed by atoms with van der Waals surface area (Å²) in [6.07, 6.45) is 0.523. The first-order valence-electron chi connectivity index (χ1n) is 9.56. The summed E-state index contributed by atoms with van der Waals surface area (Å²) in [6, 6.07) is 15.5. The van der Waals surface area contributed by atoms with Gasteiger partial charge in [0.05, 0.1) is 19.9 Å². The third-order valence-electron chi connectivity index (χ3n) is 4.93. The minimum absolute atomic E-state index is 0.145. The first kappa shape index (κ1) is 19.5. The molecule has 0 saturated heterocycles. The predicted molar refractivity (Wildman–Crippen MR) is 114 cm³/mol. The predicted octanol–water partition coefficient (Wildman–Crippen LogP) is 2.95. The summed E-state index contributed by atoms with van der Waals surface area (Å²) in [6.45, 7) is 2.33. The molecule has 0 aliphatic heterocycles. The molecule has 2 aromatic heterocycles. The van der Waals surface area contributed by atoms with Crippen LogP contribution in [-0.4, -0.2) is 33.8 Å². The molecule has 0 aliphatic carbocycles. The highest BCUT2D eigenvalue weighted by atomic mass is 16.5. The molecule has 8 heteroatoms. The van der Waals surface area contributed by atoms with E-state index in [-0.39, 0.29) is 5.56 Å². The average molecular weight is 405 g/mol. The molecule has 4 rings (SSSR count). The lowest BCUT2D eigenvalue weighted by molar-refractivity contribution is 0.354. The molecule has 154 valence electrons. The monoisotopic (exact) mass is 405 g/mol. The number of ether oxygens (including phenoxy) is 2. The van der Waals surface area contributed by atoms with Crippen molar-refractivity contribution in [2.75, 3.05) is 19.5 Å². The van der Waals surface area contributed by atoms with E-state index in [9.17, 15) is 4.79 Å². The third kappa shape index (κ3) is 3.84. The van der Waals surface area contributed by atoms with Gasteiger partial charge in [0.15, 0.2) is 11.5 Å². The Kier molecular flexibility index (Phi) is 5.38. The van der Waals surface area contributed by atoms with Gasteiger partial charge in [-0.2, -0.15) is 9.50 Å². The lowest BCUT2D eigenvalue weighted by Crippen LogP contribution is -2.22. The molecule has 4 aromatic rings. The molecular formula is C22H23N5O3. The second kappa shape index (κ2) is 8.28. The topological polar surface area (TPSA) is 93.5 Å². The van der Waals surface area contributed by atoms with E-state index in [0.717, 1.165) is 11.1 Å². The number of methoxy groups -OCH3 is 2. The van der Waals surface area contributed by atoms with E-state index >= 15 is 0 Å². The summed E-state index contributed by atoms with van der Waals surface area (Å²) in [7, 11) is 3.20. The molecule has 0 aliphatic rings. The molecule has 8 nitrogen and oxygen atoms in total. The van der Waals surface area contributed by atoms with Gasteiger partial charge in [0, 0.05) is 18.5 Å². The van der Waals surface area contributed by atoms with Gasteiger partial charge in [-0.15, -0.1) is 0 Å². The highest BCUT2D eigenvalue weighted by Crippen LogP contribution is 2.27. The van der Waals surface area contributed by atoms with Crippen LogP contribution in [0.15, 0.2) is 53.3 Å². The second-order valence-corrected chi connectivity index (χ2v) is 6.89. The maximum absolute atomic E-state index is 13.0. The zero-order chi connectivity index (χ0) is 21.1. The van der Waals surface area contributed by atoms with Crippen molar-refractivity contribution in [2.45, 2.75) is 19.9 Å². The standard InChI is InChI=1S/C22H23N5O3/c1-14-17(11-15-7-5-4-6-8-15)20(28)27-22(24-14)25-21(26-27)23-13-16-9-10-18(29-2)19(12-16)30-3/h4-10,12H,11,13H2,1-3H3,(H2,23,24,25,26). The Labute approximate surface area is 173 Å². The van der Waals surface area contributed by atoms with Crippen LogP contribution in [0.1, 0.15) is 22.4 Å². The fourth-order valence-electron chi connectivity index (χ4n) is 3.31. The molecule has 0 amide bonds. The van der Waals surface area contributed by atoms with Crippen LogP contribution in [0.25, 0.3) is 5.78 Å². The van der Waals surface area contributed by atoms with Gasteiger partial charge in [0.1, 0.15) is 0 Å². The van der Waals surface area contributed by atoms with Crippen LogP contribution in [0, 0.1) is 6.92 Å². The molecular weight excluding hydrogens is 382 g/mol. The van der Waals surface area contributed by atoms with Crippen molar-refractivity contribution in [2.24, 2.45) is 0 Å². The Morgan fingerprint density at radius 2 is 1.77 bits per heavy atom. The van der Waals surface area contributed by atoms with Gasteiger partial charge in [-0.05, 0) is 30.2 Å². The van der Waals surface area contributed by atoms with Crippen molar-refractivity contribution in [3.63, 3.8) is 0 Å². The van der Waals surface area contributed by atoms with Crippen LogP contribution in [0.5, 0.6) is 11.5 Å². The molecule has 2 N–H and O–H groups in total. The highest BCUT2D eigenvalue weighted by Gasteiger charge is 2.14. The molecule has 2 aromatic carbocycles. The van der Waals surface area contributed by atoms with Gasteiger partial charge in [-0.1, -0.05) is 36.4 Å². The molecule has 0 fully saturated rings. The number of rotatable bonds is 7. The zero-order valence-corrected chi connectivity index (χ0v) is 17.1. The van der Waals surface area contributed by atoms with E-state index < -0.39 is 0 Å². The van der Waals surface area contributed by atoms with Crippen LogP contribution in [-0.2, 0) is 13.0 Å². The third-order valence-corrected chi connectivity index (χ3v) is 4.93. The summed E-state index contributed by atoms with van der Waals surface area (Å²) in [4.78, 5) is 21.9. The van der Waals surface area contributed by atoms with E-state index in [1.54, 1.807) is 14.2 Å². The largest absolute Gasteiger partial charge is 0.493 e. The fraction of sp³-hybridized carbons (Fsp3) is 0.227. The molecule has 0 bridgehead atoms. The number of anilines is 1. The lowest BCUT2D eigenvalue weighted by atomic mass is 10.1. The number of benzene rings is 2. The first-order valence-corrected chi connectivity index (χ1v) is 9.56. The van der Waals surface area contributed by atoms with Crippen LogP contribution in [0.4, 0.5) is 5.95 Å². The molecule has 0 saturated carbocycles. The SMILES string of the molecule is COc1ccc(CNc2nc3nc(C)c(Cc4ccccc4)c(=O)n3[nH]2)cc1OC. The number of aromatic amines is 1. The fourth-order valence-corrected chi connectivity index (χ4v) is 3.31. The van der Waals surface area contributed by atoms with Crippen molar-refractivity contribution in [1.29, 1.82) is 0 Å². The summed E-state index contributed by atoms with van der Waals surface area (Å²) in [5, 5.41) is 6.19. The van der Waals surface area contributed by atoms with Crippen LogP contribution in [0.2, 0.25) is 0 Å². The molecule has 0 radical (unpaired) electrons. The number of hydrogen-bond donors (Lipinski definition) is 2. The van der Waals surface area contributed by atoms with E-state index in [4.69, 9.17) is 9.47 Å².